The highest BCUT2D eigenvalue weighted by molar-refractivity contribution is 5.98. The fraction of sp³-hybridized carbons (Fsp3) is 0.476. The van der Waals surface area contributed by atoms with Crippen molar-refractivity contribution in [2.75, 3.05) is 26.2 Å². The van der Waals surface area contributed by atoms with Crippen molar-refractivity contribution in [2.24, 2.45) is 0 Å². The van der Waals surface area contributed by atoms with Crippen molar-refractivity contribution in [2.45, 2.75) is 39.3 Å². The highest BCUT2D eigenvalue weighted by Gasteiger charge is 2.35. The van der Waals surface area contributed by atoms with Gasteiger partial charge in [0.05, 0.1) is 6.04 Å². The van der Waals surface area contributed by atoms with Crippen LogP contribution in [-0.2, 0) is 6.42 Å². The molecular weight excluding hydrogens is 324 g/mol. The zero-order chi connectivity index (χ0) is 18.3. The second-order valence-corrected chi connectivity index (χ2v) is 7.20. The van der Waals surface area contributed by atoms with Gasteiger partial charge in [0.2, 0.25) is 0 Å². The van der Waals surface area contributed by atoms with Gasteiger partial charge in [-0.15, -0.1) is 0 Å². The fourth-order valence-electron chi connectivity index (χ4n) is 4.53. The van der Waals surface area contributed by atoms with Crippen LogP contribution in [0, 0.1) is 0 Å². The Kier molecular flexibility index (Phi) is 4.49. The van der Waals surface area contributed by atoms with Crippen LogP contribution in [0.4, 0.5) is 4.79 Å². The highest BCUT2D eigenvalue weighted by atomic mass is 16.2. The minimum Gasteiger partial charge on any atom is -0.361 e. The molecule has 5 nitrogen and oxygen atoms in total. The summed E-state index contributed by atoms with van der Waals surface area (Å²) >= 11 is 0. The van der Waals surface area contributed by atoms with Crippen LogP contribution in [-0.4, -0.2) is 59.1 Å². The minimum absolute atomic E-state index is 0.0303. The molecule has 0 spiro atoms. The van der Waals surface area contributed by atoms with Gasteiger partial charge >= 0.3 is 6.03 Å². The van der Waals surface area contributed by atoms with Gasteiger partial charge in [-0.25, -0.2) is 4.79 Å². The first kappa shape index (κ1) is 17.2. The molecular formula is C21H28N4O. The second kappa shape index (κ2) is 6.80. The first-order valence-corrected chi connectivity index (χ1v) is 9.76. The number of aromatic nitrogens is 1. The Hall–Kier alpha value is -2.27. The summed E-state index contributed by atoms with van der Waals surface area (Å²) in [7, 11) is 0. The van der Waals surface area contributed by atoms with Crippen LogP contribution in [0.1, 0.15) is 31.9 Å². The van der Waals surface area contributed by atoms with Crippen LogP contribution in [0.5, 0.6) is 0 Å². The topological polar surface area (TPSA) is 51.4 Å². The standard InChI is InChI=1S/C21H28N4O/c1-4-24(5-2)21(26)23-15-11-17-16-8-7-9-18-20(16)14(12-22-18)10-19(17)25(6-3)13-15/h7-9,11-12,15,19,22H,4-6,10,13H2,1-3H3,(H,23,26)/t15-,19-/m1/s1. The Balaban J connectivity index is 1.71. The van der Waals surface area contributed by atoms with E-state index in [1.54, 1.807) is 0 Å². The summed E-state index contributed by atoms with van der Waals surface area (Å²) in [6, 6.07) is 6.96. The number of benzene rings is 1. The number of likely N-dealkylation sites (N-methyl/N-ethyl adjacent to an activating group) is 1. The molecule has 2 heterocycles. The summed E-state index contributed by atoms with van der Waals surface area (Å²) in [5.41, 5.74) is 5.28. The number of amides is 2. The number of hydrogen-bond acceptors (Lipinski definition) is 2. The fourth-order valence-corrected chi connectivity index (χ4v) is 4.53. The van der Waals surface area contributed by atoms with Crippen molar-refractivity contribution in [3.63, 3.8) is 0 Å². The first-order chi connectivity index (χ1) is 12.7. The van der Waals surface area contributed by atoms with Gasteiger partial charge in [-0.2, -0.15) is 0 Å². The van der Waals surface area contributed by atoms with E-state index in [4.69, 9.17) is 0 Å². The van der Waals surface area contributed by atoms with Gasteiger partial charge in [0.1, 0.15) is 0 Å². The lowest BCUT2D eigenvalue weighted by Crippen LogP contribution is -2.53. The number of carbonyl (C=O) groups is 1. The van der Waals surface area contributed by atoms with Crippen molar-refractivity contribution in [3.8, 4) is 0 Å². The molecule has 4 rings (SSSR count). The Morgan fingerprint density at radius 3 is 2.85 bits per heavy atom. The number of H-pyrrole nitrogens is 1. The molecule has 138 valence electrons. The maximum absolute atomic E-state index is 12.5. The van der Waals surface area contributed by atoms with E-state index in [0.29, 0.717) is 6.04 Å². The quantitative estimate of drug-likeness (QED) is 0.888. The molecule has 0 radical (unpaired) electrons. The van der Waals surface area contributed by atoms with E-state index >= 15 is 0 Å². The molecule has 0 bridgehead atoms. The molecule has 0 saturated heterocycles. The average Bonchev–Trinajstić information content (AvgIpc) is 3.07. The summed E-state index contributed by atoms with van der Waals surface area (Å²) in [6.45, 7) is 9.57. The van der Waals surface area contributed by atoms with Crippen LogP contribution < -0.4 is 5.32 Å². The van der Waals surface area contributed by atoms with E-state index in [1.807, 2.05) is 18.7 Å². The molecule has 1 aliphatic heterocycles. The molecule has 5 heteroatoms. The van der Waals surface area contributed by atoms with E-state index in [2.05, 4.69) is 52.6 Å². The minimum atomic E-state index is 0.0303. The Morgan fingerprint density at radius 1 is 1.31 bits per heavy atom. The van der Waals surface area contributed by atoms with Crippen LogP contribution >= 0.6 is 0 Å². The lowest BCUT2D eigenvalue weighted by Gasteiger charge is -2.42. The number of nitrogens with zero attached hydrogens (tertiary/aromatic N) is 2. The van der Waals surface area contributed by atoms with Gasteiger partial charge in [-0.3, -0.25) is 4.90 Å². The third kappa shape index (κ3) is 2.71. The third-order valence-corrected chi connectivity index (χ3v) is 5.89. The molecule has 1 aromatic carbocycles. The highest BCUT2D eigenvalue weighted by Crippen LogP contribution is 2.40. The monoisotopic (exact) mass is 352 g/mol. The number of hydrogen-bond donors (Lipinski definition) is 2. The van der Waals surface area contributed by atoms with Gasteiger partial charge in [0.15, 0.2) is 0 Å². The Labute approximate surface area is 155 Å². The normalized spacial score (nSPS) is 22.0. The maximum Gasteiger partial charge on any atom is 0.317 e. The SMILES string of the molecule is CCN(CC)C(=O)N[C@@H]1C=C2c3cccc4[nH]cc(c34)C[C@H]2N(CC)C1. The van der Waals surface area contributed by atoms with Crippen LogP contribution in [0.15, 0.2) is 30.5 Å². The molecule has 1 aromatic heterocycles. The molecule has 2 aliphatic rings. The van der Waals surface area contributed by atoms with E-state index < -0.39 is 0 Å². The predicted molar refractivity (Wildman–Crippen MR) is 106 cm³/mol. The summed E-state index contributed by atoms with van der Waals surface area (Å²) in [4.78, 5) is 20.3. The van der Waals surface area contributed by atoms with E-state index in [0.717, 1.165) is 32.6 Å². The van der Waals surface area contributed by atoms with Gasteiger partial charge in [-0.1, -0.05) is 25.1 Å². The van der Waals surface area contributed by atoms with Crippen molar-refractivity contribution < 1.29 is 4.79 Å². The third-order valence-electron chi connectivity index (χ3n) is 5.89. The number of aromatic amines is 1. The number of carbonyl (C=O) groups excluding carboxylic acids is 1. The zero-order valence-corrected chi connectivity index (χ0v) is 15.9. The van der Waals surface area contributed by atoms with Crippen LogP contribution in [0.2, 0.25) is 0 Å². The second-order valence-electron chi connectivity index (χ2n) is 7.20. The van der Waals surface area contributed by atoms with Crippen molar-refractivity contribution in [1.29, 1.82) is 0 Å². The van der Waals surface area contributed by atoms with E-state index in [-0.39, 0.29) is 12.1 Å². The lowest BCUT2D eigenvalue weighted by atomic mass is 9.81. The van der Waals surface area contributed by atoms with E-state index in [9.17, 15) is 4.79 Å². The summed E-state index contributed by atoms with van der Waals surface area (Å²) in [6.07, 6.45) is 5.49. The molecule has 1 aliphatic carbocycles. The van der Waals surface area contributed by atoms with Gasteiger partial charge in [-0.05, 0) is 49.6 Å². The zero-order valence-electron chi connectivity index (χ0n) is 15.9. The molecule has 0 saturated carbocycles. The van der Waals surface area contributed by atoms with Gasteiger partial charge in [0.25, 0.3) is 0 Å². The summed E-state index contributed by atoms with van der Waals surface area (Å²) < 4.78 is 0. The molecule has 2 amide bonds. The molecule has 26 heavy (non-hydrogen) atoms. The van der Waals surface area contributed by atoms with Crippen molar-refractivity contribution in [3.05, 3.63) is 41.6 Å². The predicted octanol–water partition coefficient (Wildman–Crippen LogP) is 3.23. The van der Waals surface area contributed by atoms with Crippen LogP contribution in [0.3, 0.4) is 0 Å². The van der Waals surface area contributed by atoms with Crippen molar-refractivity contribution >= 4 is 22.5 Å². The Bertz CT molecular complexity index is 849. The van der Waals surface area contributed by atoms with Gasteiger partial charge in [0, 0.05) is 42.8 Å². The van der Waals surface area contributed by atoms with Crippen molar-refractivity contribution in [1.82, 2.24) is 20.1 Å². The first-order valence-electron chi connectivity index (χ1n) is 9.76. The summed E-state index contributed by atoms with van der Waals surface area (Å²) in [5.74, 6) is 0. The van der Waals surface area contributed by atoms with Crippen LogP contribution in [0.25, 0.3) is 16.5 Å². The molecule has 2 N–H and O–H groups in total. The molecule has 0 unspecified atom stereocenters. The molecule has 2 atom stereocenters. The maximum atomic E-state index is 12.5. The number of fused-ring (bicyclic) bond motifs is 2. The summed E-state index contributed by atoms with van der Waals surface area (Å²) in [5, 5.41) is 4.58. The molecule has 0 fully saturated rings. The van der Waals surface area contributed by atoms with Gasteiger partial charge < -0.3 is 15.2 Å². The number of urea groups is 1. The van der Waals surface area contributed by atoms with E-state index in [1.165, 1.54) is 27.6 Å². The number of nitrogens with one attached hydrogen (secondary N) is 2. The molecule has 2 aromatic rings. The average molecular weight is 352 g/mol. The smallest absolute Gasteiger partial charge is 0.317 e. The largest absolute Gasteiger partial charge is 0.361 e. The Morgan fingerprint density at radius 2 is 2.12 bits per heavy atom. The number of rotatable bonds is 4. The lowest BCUT2D eigenvalue weighted by molar-refractivity contribution is 0.186.